The van der Waals surface area contributed by atoms with Crippen molar-refractivity contribution >= 4 is 0 Å². The maximum atomic E-state index is 10.5. The van der Waals surface area contributed by atoms with Gasteiger partial charge in [0.05, 0.1) is 12.7 Å². The van der Waals surface area contributed by atoms with Crippen LogP contribution in [0.2, 0.25) is 0 Å². The first-order valence-corrected chi connectivity index (χ1v) is 9.46. The number of aliphatic hydroxyl groups excluding tert-OH is 2. The predicted molar refractivity (Wildman–Crippen MR) is 88.3 cm³/mol. The van der Waals surface area contributed by atoms with Crippen LogP contribution in [0.25, 0.3) is 0 Å². The van der Waals surface area contributed by atoms with Crippen LogP contribution in [0.4, 0.5) is 0 Å². The van der Waals surface area contributed by atoms with Crippen molar-refractivity contribution in [2.75, 3.05) is 6.61 Å². The number of aliphatic hydroxyl groups is 2. The second-order valence-corrected chi connectivity index (χ2v) is 9.23. The maximum absolute atomic E-state index is 10.5. The summed E-state index contributed by atoms with van der Waals surface area (Å²) < 4.78 is 0. The van der Waals surface area contributed by atoms with E-state index < -0.39 is 0 Å². The molecule has 0 spiro atoms. The summed E-state index contributed by atoms with van der Waals surface area (Å²) in [7, 11) is 0. The van der Waals surface area contributed by atoms with Gasteiger partial charge >= 0.3 is 0 Å². The lowest BCUT2D eigenvalue weighted by molar-refractivity contribution is -0.110. The van der Waals surface area contributed by atoms with Gasteiger partial charge in [-0.1, -0.05) is 19.9 Å². The largest absolute Gasteiger partial charge is 0.393 e. The van der Waals surface area contributed by atoms with Crippen molar-refractivity contribution in [2.24, 2.45) is 34.5 Å². The summed E-state index contributed by atoms with van der Waals surface area (Å²) in [5.74, 6) is 3.18. The molecule has 2 N–H and O–H groups in total. The highest BCUT2D eigenvalue weighted by molar-refractivity contribution is 5.17. The average molecular weight is 304 g/mol. The first kappa shape index (κ1) is 15.2. The third-order valence-electron chi connectivity index (χ3n) is 8.52. The van der Waals surface area contributed by atoms with Gasteiger partial charge in [-0.05, 0) is 91.4 Å². The van der Waals surface area contributed by atoms with Crippen molar-refractivity contribution in [1.29, 1.82) is 0 Å². The van der Waals surface area contributed by atoms with Gasteiger partial charge in [0.25, 0.3) is 0 Å². The zero-order valence-electron chi connectivity index (χ0n) is 14.2. The first-order chi connectivity index (χ1) is 10.5. The molecular formula is C20H32O2. The Kier molecular flexibility index (Phi) is 3.51. The van der Waals surface area contributed by atoms with Gasteiger partial charge in [0.15, 0.2) is 0 Å². The summed E-state index contributed by atoms with van der Waals surface area (Å²) in [6.45, 7) is 5.13. The third kappa shape index (κ3) is 1.92. The summed E-state index contributed by atoms with van der Waals surface area (Å²) in [4.78, 5) is 0. The van der Waals surface area contributed by atoms with Crippen LogP contribution in [0.3, 0.4) is 0 Å². The molecule has 4 aliphatic rings. The average Bonchev–Trinajstić information content (AvgIpc) is 2.81. The normalized spacial score (nSPS) is 54.2. The number of allylic oxidation sites excluding steroid dienone is 1. The van der Waals surface area contributed by atoms with Crippen LogP contribution in [0.5, 0.6) is 0 Å². The van der Waals surface area contributed by atoms with E-state index in [2.05, 4.69) is 19.9 Å². The minimum absolute atomic E-state index is 0.0664. The van der Waals surface area contributed by atoms with E-state index in [0.717, 1.165) is 36.5 Å². The molecule has 0 aliphatic heterocycles. The minimum atomic E-state index is -0.0664. The van der Waals surface area contributed by atoms with Crippen molar-refractivity contribution < 1.29 is 10.2 Å². The fourth-order valence-corrected chi connectivity index (χ4v) is 7.16. The predicted octanol–water partition coefficient (Wildman–Crippen LogP) is 3.92. The summed E-state index contributed by atoms with van der Waals surface area (Å²) in [5, 5.41) is 20.1. The smallest absolute Gasteiger partial charge is 0.0641 e. The van der Waals surface area contributed by atoms with Crippen LogP contribution in [0.15, 0.2) is 11.6 Å². The van der Waals surface area contributed by atoms with Crippen LogP contribution < -0.4 is 0 Å². The third-order valence-corrected chi connectivity index (χ3v) is 8.52. The molecule has 0 heterocycles. The Morgan fingerprint density at radius 3 is 2.59 bits per heavy atom. The molecule has 124 valence electrons. The van der Waals surface area contributed by atoms with Gasteiger partial charge in [0.1, 0.15) is 0 Å². The lowest BCUT2D eigenvalue weighted by atomic mass is 9.45. The Morgan fingerprint density at radius 2 is 1.82 bits per heavy atom. The molecule has 0 aromatic heterocycles. The van der Waals surface area contributed by atoms with E-state index in [0.29, 0.717) is 5.41 Å². The van der Waals surface area contributed by atoms with Crippen LogP contribution in [-0.4, -0.2) is 22.9 Å². The Hall–Kier alpha value is -0.340. The number of fused-ring (bicyclic) bond motifs is 5. The van der Waals surface area contributed by atoms with Crippen LogP contribution in [0.1, 0.15) is 65.2 Å². The highest BCUT2D eigenvalue weighted by Crippen LogP contribution is 2.66. The first-order valence-electron chi connectivity index (χ1n) is 9.46. The van der Waals surface area contributed by atoms with E-state index in [1.54, 1.807) is 0 Å². The van der Waals surface area contributed by atoms with Gasteiger partial charge in [-0.25, -0.2) is 0 Å². The molecule has 0 aromatic rings. The van der Waals surface area contributed by atoms with Crippen LogP contribution in [0, 0.1) is 34.5 Å². The monoisotopic (exact) mass is 304 g/mol. The Morgan fingerprint density at radius 1 is 1.05 bits per heavy atom. The number of hydrogen-bond donors (Lipinski definition) is 2. The zero-order chi connectivity index (χ0) is 15.5. The number of hydrogen-bond acceptors (Lipinski definition) is 2. The van der Waals surface area contributed by atoms with E-state index in [1.165, 1.54) is 44.1 Å². The summed E-state index contributed by atoms with van der Waals surface area (Å²) >= 11 is 0. The molecule has 2 nitrogen and oxygen atoms in total. The van der Waals surface area contributed by atoms with Crippen molar-refractivity contribution in [1.82, 2.24) is 0 Å². The van der Waals surface area contributed by atoms with Gasteiger partial charge in [0, 0.05) is 0 Å². The van der Waals surface area contributed by atoms with E-state index >= 15 is 0 Å². The van der Waals surface area contributed by atoms with Gasteiger partial charge in [-0.15, -0.1) is 0 Å². The lowest BCUT2D eigenvalue weighted by Crippen LogP contribution is -2.53. The molecule has 0 saturated heterocycles. The van der Waals surface area contributed by atoms with Crippen molar-refractivity contribution in [3.63, 3.8) is 0 Å². The highest BCUT2D eigenvalue weighted by atomic mass is 16.3. The molecule has 22 heavy (non-hydrogen) atoms. The molecule has 0 bridgehead atoms. The van der Waals surface area contributed by atoms with E-state index in [9.17, 15) is 10.2 Å². The summed E-state index contributed by atoms with van der Waals surface area (Å²) in [6.07, 6.45) is 12.0. The van der Waals surface area contributed by atoms with Crippen molar-refractivity contribution in [2.45, 2.75) is 71.3 Å². The van der Waals surface area contributed by atoms with E-state index in [-0.39, 0.29) is 18.1 Å². The second kappa shape index (κ2) is 5.08. The molecule has 4 rings (SSSR count). The number of rotatable bonds is 1. The fourth-order valence-electron chi connectivity index (χ4n) is 7.16. The maximum Gasteiger partial charge on any atom is 0.0641 e. The van der Waals surface area contributed by atoms with E-state index in [1.807, 2.05) is 0 Å². The van der Waals surface area contributed by atoms with Gasteiger partial charge in [-0.2, -0.15) is 0 Å². The molecular weight excluding hydrogens is 272 g/mol. The van der Waals surface area contributed by atoms with Gasteiger partial charge in [0.2, 0.25) is 0 Å². The quantitative estimate of drug-likeness (QED) is 0.721. The fraction of sp³-hybridized carbons (Fsp3) is 0.900. The molecule has 0 aromatic carbocycles. The Bertz CT molecular complexity index is 484. The van der Waals surface area contributed by atoms with Crippen LogP contribution in [-0.2, 0) is 0 Å². The Balaban J connectivity index is 1.64. The van der Waals surface area contributed by atoms with Gasteiger partial charge < -0.3 is 10.2 Å². The molecule has 7 unspecified atom stereocenters. The van der Waals surface area contributed by atoms with Crippen molar-refractivity contribution in [3.05, 3.63) is 11.6 Å². The molecule has 4 aliphatic carbocycles. The second-order valence-electron chi connectivity index (χ2n) is 9.23. The molecule has 2 heteroatoms. The highest BCUT2D eigenvalue weighted by Gasteiger charge is 2.59. The topological polar surface area (TPSA) is 40.5 Å². The lowest BCUT2D eigenvalue weighted by Gasteiger charge is -2.60. The van der Waals surface area contributed by atoms with Gasteiger partial charge in [-0.3, -0.25) is 0 Å². The summed E-state index contributed by atoms with van der Waals surface area (Å²) in [5.41, 5.74) is 1.86. The minimum Gasteiger partial charge on any atom is -0.393 e. The molecule has 7 atom stereocenters. The van der Waals surface area contributed by atoms with E-state index in [4.69, 9.17) is 0 Å². The SMILES string of the molecule is CC12CCC3C(CCC4CC=C(CO)CC43C)C1CCC2O. The standard InChI is InChI=1S/C20H32O2/c1-19-10-9-17-15(16(19)7-8-18(19)22)6-5-14-4-3-13(12-21)11-20(14,17)2/h3,14-18,21-22H,4-12H2,1-2H3. The molecule has 3 fully saturated rings. The summed E-state index contributed by atoms with van der Waals surface area (Å²) in [6, 6.07) is 0. The molecule has 0 radical (unpaired) electrons. The molecule has 0 amide bonds. The molecule has 3 saturated carbocycles. The van der Waals surface area contributed by atoms with Crippen LogP contribution >= 0.6 is 0 Å². The van der Waals surface area contributed by atoms with Crippen molar-refractivity contribution in [3.8, 4) is 0 Å². The zero-order valence-corrected chi connectivity index (χ0v) is 14.2. The Labute approximate surface area is 135 Å².